The number of benzene rings is 2. The molecule has 1 aliphatic rings. The van der Waals surface area contributed by atoms with Crippen molar-refractivity contribution in [2.45, 2.75) is 19.4 Å². The number of carbonyl (C=O) groups is 1. The maximum absolute atomic E-state index is 13.3. The summed E-state index contributed by atoms with van der Waals surface area (Å²) in [6.07, 6.45) is 1.59. The standard InChI is InChI=1S/C20H20FNO4S/c1-2-26-19-9-3-15(4-10-19)13-20(23)22(17-7-5-16(21)6-8-17)18-11-12-27(24,25)14-18/h3-12,18H,2,13-14H2,1H3. The molecular formula is C20H20FNO4S. The monoisotopic (exact) mass is 389 g/mol. The molecule has 1 heterocycles. The van der Waals surface area contributed by atoms with Crippen molar-refractivity contribution in [1.29, 1.82) is 0 Å². The highest BCUT2D eigenvalue weighted by molar-refractivity contribution is 7.94. The van der Waals surface area contributed by atoms with Crippen LogP contribution >= 0.6 is 0 Å². The largest absolute Gasteiger partial charge is 0.494 e. The van der Waals surface area contributed by atoms with E-state index in [1.807, 2.05) is 6.92 Å². The summed E-state index contributed by atoms with van der Waals surface area (Å²) in [4.78, 5) is 14.4. The summed E-state index contributed by atoms with van der Waals surface area (Å²) >= 11 is 0. The molecule has 3 rings (SSSR count). The van der Waals surface area contributed by atoms with E-state index in [2.05, 4.69) is 0 Å². The third-order valence-electron chi connectivity index (χ3n) is 4.21. The first-order valence-corrected chi connectivity index (χ1v) is 10.3. The van der Waals surface area contributed by atoms with E-state index in [4.69, 9.17) is 4.74 Å². The summed E-state index contributed by atoms with van der Waals surface area (Å²) in [5, 5.41) is 1.12. The van der Waals surface area contributed by atoms with Crippen LogP contribution in [0.15, 0.2) is 60.0 Å². The van der Waals surface area contributed by atoms with Gasteiger partial charge in [-0.25, -0.2) is 12.8 Å². The van der Waals surface area contributed by atoms with Crippen molar-refractivity contribution >= 4 is 21.4 Å². The molecule has 1 atom stereocenters. The third kappa shape index (κ3) is 4.74. The molecule has 2 aromatic carbocycles. The van der Waals surface area contributed by atoms with E-state index in [1.54, 1.807) is 24.3 Å². The third-order valence-corrected chi connectivity index (χ3v) is 5.58. The molecule has 0 saturated carbocycles. The van der Waals surface area contributed by atoms with Gasteiger partial charge in [0.15, 0.2) is 9.84 Å². The number of hydrogen-bond acceptors (Lipinski definition) is 4. The Balaban J connectivity index is 1.84. The summed E-state index contributed by atoms with van der Waals surface area (Å²) in [6.45, 7) is 2.44. The number of anilines is 1. The number of carbonyl (C=O) groups excluding carboxylic acids is 1. The molecule has 27 heavy (non-hydrogen) atoms. The van der Waals surface area contributed by atoms with E-state index in [9.17, 15) is 17.6 Å². The molecule has 0 radical (unpaired) electrons. The molecule has 1 unspecified atom stereocenters. The molecule has 1 amide bonds. The molecule has 0 fully saturated rings. The lowest BCUT2D eigenvalue weighted by Crippen LogP contribution is -2.42. The van der Waals surface area contributed by atoms with Crippen molar-refractivity contribution in [1.82, 2.24) is 0 Å². The van der Waals surface area contributed by atoms with Gasteiger partial charge >= 0.3 is 0 Å². The number of ether oxygens (including phenoxy) is 1. The lowest BCUT2D eigenvalue weighted by atomic mass is 10.1. The summed E-state index contributed by atoms with van der Waals surface area (Å²) in [6, 6.07) is 12.0. The lowest BCUT2D eigenvalue weighted by molar-refractivity contribution is -0.118. The average Bonchev–Trinajstić information content (AvgIpc) is 2.98. The molecule has 0 N–H and O–H groups in total. The van der Waals surface area contributed by atoms with Crippen molar-refractivity contribution < 1.29 is 22.3 Å². The van der Waals surface area contributed by atoms with Crippen LogP contribution in [-0.4, -0.2) is 32.7 Å². The van der Waals surface area contributed by atoms with Crippen molar-refractivity contribution in [3.63, 3.8) is 0 Å². The van der Waals surface area contributed by atoms with E-state index >= 15 is 0 Å². The van der Waals surface area contributed by atoms with Crippen LogP contribution in [0.1, 0.15) is 12.5 Å². The van der Waals surface area contributed by atoms with Gasteiger partial charge < -0.3 is 9.64 Å². The zero-order valence-electron chi connectivity index (χ0n) is 14.8. The Labute approximate surface area is 158 Å². The van der Waals surface area contributed by atoms with Gasteiger partial charge in [-0.05, 0) is 55.0 Å². The second kappa shape index (κ2) is 7.92. The van der Waals surface area contributed by atoms with Crippen molar-refractivity contribution in [2.24, 2.45) is 0 Å². The van der Waals surface area contributed by atoms with Crippen LogP contribution in [-0.2, 0) is 21.1 Å². The summed E-state index contributed by atoms with van der Waals surface area (Å²) in [7, 11) is -3.34. The van der Waals surface area contributed by atoms with Gasteiger partial charge in [-0.3, -0.25) is 4.79 Å². The summed E-state index contributed by atoms with van der Waals surface area (Å²) < 4.78 is 42.3. The Bertz CT molecular complexity index is 937. The Morgan fingerprint density at radius 3 is 2.37 bits per heavy atom. The second-order valence-electron chi connectivity index (χ2n) is 6.22. The highest BCUT2D eigenvalue weighted by Gasteiger charge is 2.31. The fourth-order valence-electron chi connectivity index (χ4n) is 2.97. The fourth-order valence-corrected chi connectivity index (χ4v) is 4.24. The van der Waals surface area contributed by atoms with Gasteiger partial charge in [-0.1, -0.05) is 12.1 Å². The molecule has 0 spiro atoms. The van der Waals surface area contributed by atoms with Crippen LogP contribution in [0.25, 0.3) is 0 Å². The summed E-state index contributed by atoms with van der Waals surface area (Å²) in [5.74, 6) is -0.155. The molecule has 5 nitrogen and oxygen atoms in total. The van der Waals surface area contributed by atoms with Gasteiger partial charge in [0.05, 0.1) is 24.8 Å². The minimum Gasteiger partial charge on any atom is -0.494 e. The Morgan fingerprint density at radius 1 is 1.15 bits per heavy atom. The molecule has 2 aromatic rings. The van der Waals surface area contributed by atoms with Crippen molar-refractivity contribution in [3.8, 4) is 5.75 Å². The lowest BCUT2D eigenvalue weighted by Gasteiger charge is -2.28. The van der Waals surface area contributed by atoms with Crippen LogP contribution in [0, 0.1) is 5.82 Å². The van der Waals surface area contributed by atoms with Crippen LogP contribution in [0.5, 0.6) is 5.75 Å². The van der Waals surface area contributed by atoms with Crippen molar-refractivity contribution in [2.75, 3.05) is 17.3 Å². The van der Waals surface area contributed by atoms with Gasteiger partial charge in [-0.15, -0.1) is 0 Å². The van der Waals surface area contributed by atoms with Gasteiger partial charge in [0, 0.05) is 11.1 Å². The second-order valence-corrected chi connectivity index (χ2v) is 8.15. The van der Waals surface area contributed by atoms with Gasteiger partial charge in [0.2, 0.25) is 5.91 Å². The first-order valence-electron chi connectivity index (χ1n) is 8.58. The zero-order valence-corrected chi connectivity index (χ0v) is 15.7. The Morgan fingerprint density at radius 2 is 1.81 bits per heavy atom. The van der Waals surface area contributed by atoms with E-state index in [-0.39, 0.29) is 18.1 Å². The first kappa shape index (κ1) is 19.1. The van der Waals surface area contributed by atoms with E-state index < -0.39 is 21.7 Å². The number of amides is 1. The van der Waals surface area contributed by atoms with E-state index in [0.717, 1.165) is 11.0 Å². The number of hydrogen-bond donors (Lipinski definition) is 0. The predicted octanol–water partition coefficient (Wildman–Crippen LogP) is 3.11. The topological polar surface area (TPSA) is 63.7 Å². The van der Waals surface area contributed by atoms with Crippen LogP contribution < -0.4 is 9.64 Å². The molecule has 0 bridgehead atoms. The molecule has 142 valence electrons. The first-order chi connectivity index (χ1) is 12.9. The molecule has 0 aromatic heterocycles. The van der Waals surface area contributed by atoms with Gasteiger partial charge in [-0.2, -0.15) is 0 Å². The van der Waals surface area contributed by atoms with Gasteiger partial charge in [0.25, 0.3) is 0 Å². The molecule has 0 saturated heterocycles. The van der Waals surface area contributed by atoms with E-state index in [0.29, 0.717) is 18.0 Å². The SMILES string of the molecule is CCOc1ccc(CC(=O)N(c2ccc(F)cc2)C2C=CS(=O)(=O)C2)cc1. The highest BCUT2D eigenvalue weighted by atomic mass is 32.2. The minimum atomic E-state index is -3.34. The number of halogens is 1. The normalized spacial score (nSPS) is 17.6. The van der Waals surface area contributed by atoms with Crippen LogP contribution in [0.2, 0.25) is 0 Å². The predicted molar refractivity (Wildman–Crippen MR) is 102 cm³/mol. The molecular weight excluding hydrogens is 369 g/mol. The minimum absolute atomic E-state index is 0.0914. The molecule has 1 aliphatic heterocycles. The summed E-state index contributed by atoms with van der Waals surface area (Å²) in [5.41, 5.74) is 1.24. The quantitative estimate of drug-likeness (QED) is 0.762. The van der Waals surface area contributed by atoms with Crippen molar-refractivity contribution in [3.05, 3.63) is 71.4 Å². The molecule has 7 heteroatoms. The number of rotatable bonds is 6. The Kier molecular flexibility index (Phi) is 5.60. The number of sulfone groups is 1. The molecule has 0 aliphatic carbocycles. The Hall–Kier alpha value is -2.67. The maximum Gasteiger partial charge on any atom is 0.231 e. The van der Waals surface area contributed by atoms with E-state index in [1.165, 1.54) is 35.2 Å². The van der Waals surface area contributed by atoms with Crippen LogP contribution in [0.4, 0.5) is 10.1 Å². The maximum atomic E-state index is 13.3. The van der Waals surface area contributed by atoms with Crippen LogP contribution in [0.3, 0.4) is 0 Å². The smallest absolute Gasteiger partial charge is 0.231 e. The highest BCUT2D eigenvalue weighted by Crippen LogP contribution is 2.24. The zero-order chi connectivity index (χ0) is 19.4. The number of nitrogens with zero attached hydrogens (tertiary/aromatic N) is 1. The van der Waals surface area contributed by atoms with Gasteiger partial charge in [0.1, 0.15) is 11.6 Å². The average molecular weight is 389 g/mol. The fraction of sp³-hybridized carbons (Fsp3) is 0.250.